The molecular weight excluding hydrogens is 641 g/mol. The third kappa shape index (κ3) is 42.1. The van der Waals surface area contributed by atoms with Crippen LogP contribution in [0.2, 0.25) is 0 Å². The standard InChI is InChI=1S/C48H84O4/c1-3-5-7-9-11-13-15-17-19-21-23-24-26-28-30-32-34-36-38-40-42-44-48(51)52-46(45-47(49)50)43-41-39-37-35-33-31-29-27-25-22-20-18-16-14-12-10-8-6-4-2/h5,7,11,13,17,19,23-24,28,30,46H,3-4,6,8-10,12,14-16,18,20-22,25-27,29,31-45H2,1-2H3,(H,49,50)/b7-5-,13-11-,19-17-,24-23-,30-28-. The van der Waals surface area contributed by atoms with Crippen LogP contribution < -0.4 is 0 Å². The van der Waals surface area contributed by atoms with E-state index in [1.807, 2.05) is 0 Å². The number of carbonyl (C=O) groups excluding carboxylic acids is 1. The first kappa shape index (κ1) is 49.6. The van der Waals surface area contributed by atoms with Crippen molar-refractivity contribution in [2.24, 2.45) is 0 Å². The molecule has 0 bridgehead atoms. The van der Waals surface area contributed by atoms with Gasteiger partial charge in [0.15, 0.2) is 0 Å². The SMILES string of the molecule is CC/C=C\C/C=C\C/C=C\C/C=C\C/C=C\CCCCCCCC(=O)OC(CCCCCCCCCCCCCCCCCCCCC)CC(=O)O. The molecule has 1 unspecified atom stereocenters. The minimum absolute atomic E-state index is 0.0828. The molecule has 1 N–H and O–H groups in total. The molecule has 4 nitrogen and oxygen atoms in total. The van der Waals surface area contributed by atoms with Crippen LogP contribution in [0.4, 0.5) is 0 Å². The Labute approximate surface area is 323 Å². The molecule has 0 spiro atoms. The topological polar surface area (TPSA) is 63.6 Å². The van der Waals surface area contributed by atoms with Gasteiger partial charge in [0, 0.05) is 6.42 Å². The summed E-state index contributed by atoms with van der Waals surface area (Å²) in [6.45, 7) is 4.44. The Hall–Kier alpha value is -2.36. The van der Waals surface area contributed by atoms with Crippen molar-refractivity contribution < 1.29 is 19.4 Å². The molecule has 0 aliphatic rings. The molecule has 0 rings (SSSR count). The summed E-state index contributed by atoms with van der Waals surface area (Å²) in [5.74, 6) is -1.12. The molecule has 0 aromatic heterocycles. The molecule has 0 fully saturated rings. The lowest BCUT2D eigenvalue weighted by atomic mass is 10.0. The Morgan fingerprint density at radius 2 is 0.827 bits per heavy atom. The molecule has 52 heavy (non-hydrogen) atoms. The summed E-state index contributed by atoms with van der Waals surface area (Å²) in [5, 5.41) is 9.31. The van der Waals surface area contributed by atoms with E-state index in [1.165, 1.54) is 122 Å². The number of esters is 1. The number of carboxylic acid groups (broad SMARTS) is 1. The van der Waals surface area contributed by atoms with Gasteiger partial charge in [-0.25, -0.2) is 0 Å². The molecule has 0 aromatic carbocycles. The molecule has 0 aliphatic heterocycles. The van der Waals surface area contributed by atoms with E-state index in [-0.39, 0.29) is 12.4 Å². The van der Waals surface area contributed by atoms with E-state index in [0.29, 0.717) is 12.8 Å². The second-order valence-electron chi connectivity index (χ2n) is 14.9. The molecule has 4 heteroatoms. The zero-order chi connectivity index (χ0) is 37.8. The monoisotopic (exact) mass is 725 g/mol. The van der Waals surface area contributed by atoms with Crippen LogP contribution in [0.15, 0.2) is 60.8 Å². The number of hydrogen-bond acceptors (Lipinski definition) is 3. The Bertz CT molecular complexity index is 911. The molecule has 1 atom stereocenters. The summed E-state index contributed by atoms with van der Waals surface area (Å²) in [6.07, 6.45) is 59.7. The van der Waals surface area contributed by atoms with Crippen LogP contribution >= 0.6 is 0 Å². The highest BCUT2D eigenvalue weighted by Gasteiger charge is 2.17. The van der Waals surface area contributed by atoms with E-state index >= 15 is 0 Å². The first-order valence-electron chi connectivity index (χ1n) is 22.3. The molecule has 0 amide bonds. The summed E-state index contributed by atoms with van der Waals surface area (Å²) < 4.78 is 5.60. The number of aliphatic carboxylic acids is 1. The first-order chi connectivity index (χ1) is 25.6. The van der Waals surface area contributed by atoms with E-state index < -0.39 is 12.1 Å². The van der Waals surface area contributed by atoms with Crippen molar-refractivity contribution in [3.63, 3.8) is 0 Å². The molecule has 0 aliphatic carbocycles. The minimum atomic E-state index is -0.886. The Balaban J connectivity index is 3.67. The summed E-state index contributed by atoms with van der Waals surface area (Å²) >= 11 is 0. The second-order valence-corrected chi connectivity index (χ2v) is 14.9. The normalized spacial score (nSPS) is 12.8. The predicted molar refractivity (Wildman–Crippen MR) is 227 cm³/mol. The maximum atomic E-state index is 12.4. The average Bonchev–Trinajstić information content (AvgIpc) is 3.13. The number of unbranched alkanes of at least 4 members (excludes halogenated alkanes) is 23. The second kappa shape index (κ2) is 43.0. The summed E-state index contributed by atoms with van der Waals surface area (Å²) in [4.78, 5) is 23.7. The van der Waals surface area contributed by atoms with Gasteiger partial charge in [-0.2, -0.15) is 0 Å². The number of carboxylic acids is 1. The Morgan fingerprint density at radius 3 is 1.25 bits per heavy atom. The van der Waals surface area contributed by atoms with Crippen molar-refractivity contribution in [2.45, 2.75) is 232 Å². The smallest absolute Gasteiger partial charge is 0.307 e. The van der Waals surface area contributed by atoms with Crippen LogP contribution in [0.5, 0.6) is 0 Å². The maximum absolute atomic E-state index is 12.4. The van der Waals surface area contributed by atoms with Gasteiger partial charge in [0.05, 0.1) is 6.42 Å². The summed E-state index contributed by atoms with van der Waals surface area (Å²) in [6, 6.07) is 0. The largest absolute Gasteiger partial charge is 0.481 e. The van der Waals surface area contributed by atoms with E-state index in [0.717, 1.165) is 70.6 Å². The Morgan fingerprint density at radius 1 is 0.462 bits per heavy atom. The highest BCUT2D eigenvalue weighted by Crippen LogP contribution is 2.17. The number of rotatable bonds is 40. The van der Waals surface area contributed by atoms with Gasteiger partial charge >= 0.3 is 11.9 Å². The lowest BCUT2D eigenvalue weighted by Crippen LogP contribution is -2.21. The Kier molecular flexibility index (Phi) is 41.1. The zero-order valence-electron chi connectivity index (χ0n) is 34.4. The first-order valence-corrected chi connectivity index (χ1v) is 22.3. The third-order valence-corrected chi connectivity index (χ3v) is 9.74. The van der Waals surface area contributed by atoms with Crippen molar-refractivity contribution in [3.8, 4) is 0 Å². The van der Waals surface area contributed by atoms with Crippen LogP contribution in [-0.4, -0.2) is 23.1 Å². The molecule has 0 saturated heterocycles. The van der Waals surface area contributed by atoms with Crippen LogP contribution in [0.3, 0.4) is 0 Å². The third-order valence-electron chi connectivity index (χ3n) is 9.74. The molecular formula is C48H84O4. The van der Waals surface area contributed by atoms with Crippen molar-refractivity contribution in [3.05, 3.63) is 60.8 Å². The lowest BCUT2D eigenvalue weighted by Gasteiger charge is -2.16. The fourth-order valence-corrected chi connectivity index (χ4v) is 6.52. The van der Waals surface area contributed by atoms with Gasteiger partial charge in [0.2, 0.25) is 0 Å². The molecule has 0 aromatic rings. The fraction of sp³-hybridized carbons (Fsp3) is 0.750. The van der Waals surface area contributed by atoms with E-state index in [1.54, 1.807) is 0 Å². The molecule has 300 valence electrons. The van der Waals surface area contributed by atoms with Gasteiger partial charge < -0.3 is 9.84 Å². The van der Waals surface area contributed by atoms with Crippen LogP contribution in [0.25, 0.3) is 0 Å². The van der Waals surface area contributed by atoms with Crippen molar-refractivity contribution in [1.82, 2.24) is 0 Å². The summed E-state index contributed by atoms with van der Waals surface area (Å²) in [5.41, 5.74) is 0. The average molecular weight is 725 g/mol. The quantitative estimate of drug-likeness (QED) is 0.0388. The number of carbonyl (C=O) groups is 2. The fourth-order valence-electron chi connectivity index (χ4n) is 6.52. The highest BCUT2D eigenvalue weighted by molar-refractivity contribution is 5.71. The maximum Gasteiger partial charge on any atom is 0.307 e. The van der Waals surface area contributed by atoms with E-state index in [2.05, 4.69) is 74.6 Å². The van der Waals surface area contributed by atoms with Crippen LogP contribution in [0.1, 0.15) is 226 Å². The number of allylic oxidation sites excluding steroid dienone is 10. The number of hydrogen-bond donors (Lipinski definition) is 1. The van der Waals surface area contributed by atoms with E-state index in [4.69, 9.17) is 4.74 Å². The lowest BCUT2D eigenvalue weighted by molar-refractivity contribution is -0.153. The summed E-state index contributed by atoms with van der Waals surface area (Å²) in [7, 11) is 0. The van der Waals surface area contributed by atoms with Crippen molar-refractivity contribution >= 4 is 11.9 Å². The van der Waals surface area contributed by atoms with Gasteiger partial charge in [-0.05, 0) is 64.2 Å². The van der Waals surface area contributed by atoms with Gasteiger partial charge in [0.25, 0.3) is 0 Å². The van der Waals surface area contributed by atoms with E-state index in [9.17, 15) is 14.7 Å². The van der Waals surface area contributed by atoms with Crippen LogP contribution in [-0.2, 0) is 14.3 Å². The zero-order valence-corrected chi connectivity index (χ0v) is 34.4. The van der Waals surface area contributed by atoms with Crippen molar-refractivity contribution in [2.75, 3.05) is 0 Å². The van der Waals surface area contributed by atoms with Crippen LogP contribution in [0, 0.1) is 0 Å². The van der Waals surface area contributed by atoms with Gasteiger partial charge in [-0.15, -0.1) is 0 Å². The number of ether oxygens (including phenoxy) is 1. The van der Waals surface area contributed by atoms with Crippen molar-refractivity contribution in [1.29, 1.82) is 0 Å². The molecule has 0 radical (unpaired) electrons. The van der Waals surface area contributed by atoms with Gasteiger partial charge in [-0.3, -0.25) is 9.59 Å². The molecule has 0 heterocycles. The predicted octanol–water partition coefficient (Wildman–Crippen LogP) is 15.7. The van der Waals surface area contributed by atoms with Gasteiger partial charge in [-0.1, -0.05) is 209 Å². The minimum Gasteiger partial charge on any atom is -0.481 e. The molecule has 0 saturated carbocycles. The van der Waals surface area contributed by atoms with Gasteiger partial charge in [0.1, 0.15) is 6.10 Å². The highest BCUT2D eigenvalue weighted by atomic mass is 16.5.